The van der Waals surface area contributed by atoms with Crippen LogP contribution in [0.15, 0.2) is 0 Å². The van der Waals surface area contributed by atoms with Crippen LogP contribution >= 0.6 is 19.4 Å². The van der Waals surface area contributed by atoms with E-state index in [4.69, 9.17) is 14.8 Å². The SMILES string of the molecule is CCOP(=O)(CC(N)SC)OCC. The van der Waals surface area contributed by atoms with Crippen LogP contribution < -0.4 is 5.73 Å². The highest BCUT2D eigenvalue weighted by Crippen LogP contribution is 2.48. The second-order valence-corrected chi connectivity index (χ2v) is 5.58. The highest BCUT2D eigenvalue weighted by molar-refractivity contribution is 7.99. The van der Waals surface area contributed by atoms with Crippen LogP contribution in [0.5, 0.6) is 0 Å². The molecule has 0 aromatic rings. The molecule has 0 heterocycles. The van der Waals surface area contributed by atoms with Gasteiger partial charge in [0, 0.05) is 0 Å². The quantitative estimate of drug-likeness (QED) is 0.531. The molecule has 0 saturated carbocycles. The normalized spacial score (nSPS) is 14.5. The zero-order valence-electron chi connectivity index (χ0n) is 8.36. The molecule has 1 atom stereocenters. The largest absolute Gasteiger partial charge is 0.333 e. The minimum absolute atomic E-state index is 0.191. The van der Waals surface area contributed by atoms with Gasteiger partial charge in [0.25, 0.3) is 0 Å². The second-order valence-electron chi connectivity index (χ2n) is 2.40. The Labute approximate surface area is 84.1 Å². The number of rotatable bonds is 7. The van der Waals surface area contributed by atoms with Crippen molar-refractivity contribution in [3.63, 3.8) is 0 Å². The average Bonchev–Trinajstić information content (AvgIpc) is 2.04. The Balaban J connectivity index is 4.14. The molecule has 0 aromatic carbocycles. The number of thioether (sulfide) groups is 1. The molecule has 0 amide bonds. The molecular formula is C7H18NO3PS. The molecule has 0 bridgehead atoms. The molecule has 4 nitrogen and oxygen atoms in total. The minimum Gasteiger partial charge on any atom is -0.319 e. The van der Waals surface area contributed by atoms with E-state index in [1.807, 2.05) is 6.26 Å². The van der Waals surface area contributed by atoms with E-state index < -0.39 is 7.60 Å². The molecule has 80 valence electrons. The van der Waals surface area contributed by atoms with E-state index in [9.17, 15) is 4.57 Å². The summed E-state index contributed by atoms with van der Waals surface area (Å²) in [6, 6.07) is 0. The summed E-state index contributed by atoms with van der Waals surface area (Å²) in [7, 11) is -2.94. The van der Waals surface area contributed by atoms with Gasteiger partial charge in [-0.1, -0.05) is 0 Å². The third-order valence-corrected chi connectivity index (χ3v) is 4.52. The summed E-state index contributed by atoms with van der Waals surface area (Å²) in [5.74, 6) is 0. The zero-order valence-corrected chi connectivity index (χ0v) is 10.1. The summed E-state index contributed by atoms with van der Waals surface area (Å²) >= 11 is 1.45. The molecule has 0 aliphatic rings. The first kappa shape index (κ1) is 13.5. The summed E-state index contributed by atoms with van der Waals surface area (Å²) in [6.07, 6.45) is 2.14. The van der Waals surface area contributed by atoms with Gasteiger partial charge in [-0.3, -0.25) is 4.57 Å². The van der Waals surface area contributed by atoms with E-state index in [2.05, 4.69) is 0 Å². The lowest BCUT2D eigenvalue weighted by Crippen LogP contribution is -2.21. The third-order valence-electron chi connectivity index (χ3n) is 1.36. The molecule has 2 N–H and O–H groups in total. The molecule has 0 fully saturated rings. The summed E-state index contributed by atoms with van der Waals surface area (Å²) in [4.78, 5) is 0. The monoisotopic (exact) mass is 227 g/mol. The van der Waals surface area contributed by atoms with E-state index in [1.165, 1.54) is 11.8 Å². The van der Waals surface area contributed by atoms with Gasteiger partial charge in [0.2, 0.25) is 0 Å². The average molecular weight is 227 g/mol. The maximum Gasteiger partial charge on any atom is 0.333 e. The van der Waals surface area contributed by atoms with Gasteiger partial charge in [-0.15, -0.1) is 11.8 Å². The van der Waals surface area contributed by atoms with E-state index >= 15 is 0 Å². The van der Waals surface area contributed by atoms with Gasteiger partial charge in [0.15, 0.2) is 0 Å². The lowest BCUT2D eigenvalue weighted by Gasteiger charge is -2.19. The Morgan fingerprint density at radius 3 is 2.15 bits per heavy atom. The van der Waals surface area contributed by atoms with Gasteiger partial charge in [0.1, 0.15) is 0 Å². The fourth-order valence-electron chi connectivity index (χ4n) is 0.831. The molecule has 0 spiro atoms. The van der Waals surface area contributed by atoms with Gasteiger partial charge in [-0.25, -0.2) is 0 Å². The summed E-state index contributed by atoms with van der Waals surface area (Å²) in [5.41, 5.74) is 5.65. The van der Waals surface area contributed by atoms with Crippen molar-refractivity contribution < 1.29 is 13.6 Å². The van der Waals surface area contributed by atoms with Crippen molar-refractivity contribution in [3.8, 4) is 0 Å². The summed E-state index contributed by atoms with van der Waals surface area (Å²) in [6.45, 7) is 4.35. The molecule has 0 saturated heterocycles. The molecule has 1 unspecified atom stereocenters. The maximum absolute atomic E-state index is 11.8. The van der Waals surface area contributed by atoms with Crippen LogP contribution in [0, 0.1) is 0 Å². The lowest BCUT2D eigenvalue weighted by molar-refractivity contribution is 0.220. The molecule has 0 aliphatic heterocycles. The van der Waals surface area contributed by atoms with Gasteiger partial charge < -0.3 is 14.8 Å². The summed E-state index contributed by atoms with van der Waals surface area (Å²) in [5, 5.41) is -0.191. The van der Waals surface area contributed by atoms with Crippen molar-refractivity contribution in [2.24, 2.45) is 5.73 Å². The molecule has 13 heavy (non-hydrogen) atoms. The van der Waals surface area contributed by atoms with Crippen LogP contribution in [0.1, 0.15) is 13.8 Å². The molecular weight excluding hydrogens is 209 g/mol. The first-order valence-corrected chi connectivity index (χ1v) is 7.26. The summed E-state index contributed by atoms with van der Waals surface area (Å²) < 4.78 is 22.0. The van der Waals surface area contributed by atoms with Crippen molar-refractivity contribution in [2.45, 2.75) is 19.2 Å². The number of hydrogen-bond donors (Lipinski definition) is 1. The molecule has 0 aliphatic carbocycles. The predicted molar refractivity (Wildman–Crippen MR) is 57.2 cm³/mol. The van der Waals surface area contributed by atoms with Gasteiger partial charge in [0.05, 0.1) is 24.7 Å². The van der Waals surface area contributed by atoms with E-state index in [-0.39, 0.29) is 11.5 Å². The molecule has 0 radical (unpaired) electrons. The van der Waals surface area contributed by atoms with E-state index in [0.717, 1.165) is 0 Å². The Kier molecular flexibility index (Phi) is 7.09. The molecule has 0 aromatic heterocycles. The van der Waals surface area contributed by atoms with Gasteiger partial charge in [-0.2, -0.15) is 0 Å². The first-order valence-electron chi connectivity index (χ1n) is 4.24. The maximum atomic E-state index is 11.8. The van der Waals surface area contributed by atoms with Crippen molar-refractivity contribution in [3.05, 3.63) is 0 Å². The fourth-order valence-corrected chi connectivity index (χ4v) is 3.49. The van der Waals surface area contributed by atoms with Crippen LogP contribution in [-0.2, 0) is 13.6 Å². The first-order chi connectivity index (χ1) is 6.08. The van der Waals surface area contributed by atoms with Gasteiger partial charge in [-0.05, 0) is 20.1 Å². The topological polar surface area (TPSA) is 61.5 Å². The Bertz CT molecular complexity index is 169. The Morgan fingerprint density at radius 1 is 1.38 bits per heavy atom. The van der Waals surface area contributed by atoms with Crippen LogP contribution in [-0.4, -0.2) is 31.0 Å². The highest BCUT2D eigenvalue weighted by Gasteiger charge is 2.26. The lowest BCUT2D eigenvalue weighted by atomic mass is 10.8. The molecule has 0 rings (SSSR count). The van der Waals surface area contributed by atoms with Crippen LogP contribution in [0.2, 0.25) is 0 Å². The van der Waals surface area contributed by atoms with E-state index in [0.29, 0.717) is 13.2 Å². The zero-order chi connectivity index (χ0) is 10.3. The number of hydrogen-bond acceptors (Lipinski definition) is 5. The van der Waals surface area contributed by atoms with Crippen molar-refractivity contribution in [2.75, 3.05) is 25.6 Å². The van der Waals surface area contributed by atoms with Crippen LogP contribution in [0.4, 0.5) is 0 Å². The van der Waals surface area contributed by atoms with Crippen LogP contribution in [0.3, 0.4) is 0 Å². The highest BCUT2D eigenvalue weighted by atomic mass is 32.2. The molecule has 6 heteroatoms. The smallest absolute Gasteiger partial charge is 0.319 e. The van der Waals surface area contributed by atoms with Crippen molar-refractivity contribution in [1.82, 2.24) is 0 Å². The minimum atomic E-state index is -2.94. The standard InChI is InChI=1S/C7H18NO3PS/c1-4-10-12(9,11-5-2)6-7(8)13-3/h7H,4-6,8H2,1-3H3. The van der Waals surface area contributed by atoms with Gasteiger partial charge >= 0.3 is 7.60 Å². The second kappa shape index (κ2) is 6.85. The third kappa shape index (κ3) is 5.70. The predicted octanol–water partition coefficient (Wildman–Crippen LogP) is 1.90. The number of nitrogens with two attached hydrogens (primary N) is 1. The fraction of sp³-hybridized carbons (Fsp3) is 1.00. The van der Waals surface area contributed by atoms with Crippen LogP contribution in [0.25, 0.3) is 0 Å². The Hall–Kier alpha value is 0.460. The Morgan fingerprint density at radius 2 is 1.85 bits per heavy atom. The van der Waals surface area contributed by atoms with Crippen molar-refractivity contribution >= 4 is 19.4 Å². The van der Waals surface area contributed by atoms with E-state index in [1.54, 1.807) is 13.8 Å². The van der Waals surface area contributed by atoms with Crippen molar-refractivity contribution in [1.29, 1.82) is 0 Å².